The van der Waals surface area contributed by atoms with Crippen molar-refractivity contribution in [3.05, 3.63) is 113 Å². The van der Waals surface area contributed by atoms with Gasteiger partial charge in [-0.2, -0.15) is 0 Å². The second kappa shape index (κ2) is 13.4. The highest BCUT2D eigenvalue weighted by molar-refractivity contribution is 8.00. The van der Waals surface area contributed by atoms with E-state index in [4.69, 9.17) is 20.8 Å². The number of amides is 3. The Labute approximate surface area is 234 Å². The van der Waals surface area contributed by atoms with E-state index in [0.717, 1.165) is 4.90 Å². The van der Waals surface area contributed by atoms with Crippen molar-refractivity contribution in [2.24, 2.45) is 0 Å². The van der Waals surface area contributed by atoms with Crippen LogP contribution in [0, 0.1) is 0 Å². The monoisotopic (exact) mass is 561 g/mol. The van der Waals surface area contributed by atoms with Crippen LogP contribution in [0.5, 0.6) is 5.75 Å². The molecule has 0 spiro atoms. The number of hydrogen-bond acceptors (Lipinski definition) is 6. The van der Waals surface area contributed by atoms with Gasteiger partial charge in [-0.1, -0.05) is 29.8 Å². The number of thioether (sulfide) groups is 1. The number of carbonyl (C=O) groups excluding carboxylic acids is 3. The molecule has 0 unspecified atom stereocenters. The number of nitrogens with one attached hydrogen (secondary N) is 3. The molecule has 8 nitrogen and oxygen atoms in total. The van der Waals surface area contributed by atoms with E-state index in [2.05, 4.69) is 16.0 Å². The largest absolute Gasteiger partial charge is 0.495 e. The van der Waals surface area contributed by atoms with E-state index in [1.54, 1.807) is 84.9 Å². The minimum absolute atomic E-state index is 0.0209. The van der Waals surface area contributed by atoms with Gasteiger partial charge in [0.15, 0.2) is 0 Å². The number of methoxy groups -OCH3 is 1. The SMILES string of the molecule is COc1ccc(NC(=O)CSc2ccc(NC(=O)/C(=C/c3ccco3)NC(=O)c3ccccc3)cc2)cc1Cl. The average Bonchev–Trinajstić information content (AvgIpc) is 3.46. The zero-order valence-corrected chi connectivity index (χ0v) is 22.3. The van der Waals surface area contributed by atoms with E-state index in [1.807, 2.05) is 0 Å². The smallest absolute Gasteiger partial charge is 0.272 e. The number of anilines is 2. The van der Waals surface area contributed by atoms with E-state index >= 15 is 0 Å². The van der Waals surface area contributed by atoms with Crippen molar-refractivity contribution < 1.29 is 23.5 Å². The molecule has 0 aliphatic rings. The Balaban J connectivity index is 1.35. The van der Waals surface area contributed by atoms with Crippen molar-refractivity contribution in [3.8, 4) is 5.75 Å². The summed E-state index contributed by atoms with van der Waals surface area (Å²) in [5, 5.41) is 8.63. The van der Waals surface area contributed by atoms with E-state index < -0.39 is 11.8 Å². The molecule has 3 amide bonds. The summed E-state index contributed by atoms with van der Waals surface area (Å²) in [5.74, 6) is -0.0231. The Hall–Kier alpha value is -4.47. The maximum Gasteiger partial charge on any atom is 0.272 e. The number of benzene rings is 3. The molecule has 0 saturated heterocycles. The molecular formula is C29H24ClN3O5S. The molecule has 3 aromatic carbocycles. The molecule has 0 fully saturated rings. The molecule has 4 rings (SSSR count). The second-order valence-electron chi connectivity index (χ2n) is 8.06. The molecule has 4 aromatic rings. The van der Waals surface area contributed by atoms with Crippen molar-refractivity contribution in [2.45, 2.75) is 4.90 Å². The number of rotatable bonds is 10. The molecule has 0 radical (unpaired) electrons. The number of halogens is 1. The molecule has 0 atom stereocenters. The molecule has 198 valence electrons. The van der Waals surface area contributed by atoms with Gasteiger partial charge in [-0.15, -0.1) is 11.8 Å². The van der Waals surface area contributed by atoms with Gasteiger partial charge in [-0.25, -0.2) is 0 Å². The Morgan fingerprint density at radius 1 is 0.923 bits per heavy atom. The summed E-state index contributed by atoms with van der Waals surface area (Å²) in [6.07, 6.45) is 2.93. The second-order valence-corrected chi connectivity index (χ2v) is 9.51. The van der Waals surface area contributed by atoms with Crippen molar-refractivity contribution in [2.75, 3.05) is 23.5 Å². The summed E-state index contributed by atoms with van der Waals surface area (Å²) in [4.78, 5) is 38.9. The highest BCUT2D eigenvalue weighted by Crippen LogP contribution is 2.27. The maximum atomic E-state index is 13.0. The highest BCUT2D eigenvalue weighted by atomic mass is 35.5. The Kier molecular flexibility index (Phi) is 9.44. The Morgan fingerprint density at radius 2 is 1.67 bits per heavy atom. The molecule has 0 bridgehead atoms. The van der Waals surface area contributed by atoms with Crippen LogP contribution in [0.15, 0.2) is 106 Å². The van der Waals surface area contributed by atoms with Gasteiger partial charge < -0.3 is 25.1 Å². The molecule has 1 aromatic heterocycles. The van der Waals surface area contributed by atoms with Crippen LogP contribution >= 0.6 is 23.4 Å². The molecule has 0 aliphatic heterocycles. The molecular weight excluding hydrogens is 538 g/mol. The van der Waals surface area contributed by atoms with Gasteiger partial charge in [-0.3, -0.25) is 14.4 Å². The van der Waals surface area contributed by atoms with Crippen LogP contribution in [-0.4, -0.2) is 30.6 Å². The lowest BCUT2D eigenvalue weighted by molar-refractivity contribution is -0.114. The highest BCUT2D eigenvalue weighted by Gasteiger charge is 2.16. The summed E-state index contributed by atoms with van der Waals surface area (Å²) in [6, 6.07) is 24.0. The fourth-order valence-corrected chi connectivity index (χ4v) is 4.34. The van der Waals surface area contributed by atoms with Crippen LogP contribution in [0.1, 0.15) is 16.1 Å². The van der Waals surface area contributed by atoms with Gasteiger partial charge in [0.2, 0.25) is 5.91 Å². The lowest BCUT2D eigenvalue weighted by Gasteiger charge is -2.11. The van der Waals surface area contributed by atoms with Crippen molar-refractivity contribution >= 4 is 58.5 Å². The quantitative estimate of drug-likeness (QED) is 0.160. The van der Waals surface area contributed by atoms with Gasteiger partial charge in [0.1, 0.15) is 17.2 Å². The normalized spacial score (nSPS) is 11.0. The van der Waals surface area contributed by atoms with Crippen LogP contribution in [0.25, 0.3) is 6.08 Å². The van der Waals surface area contributed by atoms with Gasteiger partial charge in [0, 0.05) is 27.9 Å². The van der Waals surface area contributed by atoms with Crippen molar-refractivity contribution in [1.82, 2.24) is 5.32 Å². The summed E-state index contributed by atoms with van der Waals surface area (Å²) in [5.41, 5.74) is 1.52. The van der Waals surface area contributed by atoms with Crippen LogP contribution < -0.4 is 20.7 Å². The lowest BCUT2D eigenvalue weighted by Crippen LogP contribution is -2.30. The van der Waals surface area contributed by atoms with Crippen molar-refractivity contribution in [3.63, 3.8) is 0 Å². The summed E-state index contributed by atoms with van der Waals surface area (Å²) >= 11 is 7.44. The van der Waals surface area contributed by atoms with E-state index in [-0.39, 0.29) is 17.4 Å². The molecule has 3 N–H and O–H groups in total. The molecule has 39 heavy (non-hydrogen) atoms. The van der Waals surface area contributed by atoms with Crippen LogP contribution in [0.3, 0.4) is 0 Å². The molecule has 0 saturated carbocycles. The minimum Gasteiger partial charge on any atom is -0.495 e. The number of furan rings is 1. The summed E-state index contributed by atoms with van der Waals surface area (Å²) in [7, 11) is 1.52. The molecule has 1 heterocycles. The van der Waals surface area contributed by atoms with Gasteiger partial charge in [-0.05, 0) is 66.7 Å². The number of carbonyl (C=O) groups is 3. The summed E-state index contributed by atoms with van der Waals surface area (Å²) < 4.78 is 10.4. The van der Waals surface area contributed by atoms with Crippen LogP contribution in [-0.2, 0) is 9.59 Å². The zero-order valence-electron chi connectivity index (χ0n) is 20.8. The zero-order chi connectivity index (χ0) is 27.6. The van der Waals surface area contributed by atoms with Gasteiger partial charge in [0.25, 0.3) is 11.8 Å². The predicted molar refractivity (Wildman–Crippen MR) is 153 cm³/mol. The number of hydrogen-bond donors (Lipinski definition) is 3. The maximum absolute atomic E-state index is 13.0. The topological polar surface area (TPSA) is 110 Å². The first-order valence-corrected chi connectivity index (χ1v) is 13.1. The van der Waals surface area contributed by atoms with Gasteiger partial charge in [0.05, 0.1) is 24.1 Å². The first kappa shape index (κ1) is 27.6. The standard InChI is InChI=1S/C29H24ClN3O5S/c1-37-26-14-11-21(16-24(26)30)31-27(34)18-39-23-12-9-20(10-13-23)32-29(36)25(17-22-8-5-15-38-22)33-28(35)19-6-3-2-4-7-19/h2-17H,18H2,1H3,(H,31,34)(H,32,36)(H,33,35)/b25-17-. The fourth-order valence-electron chi connectivity index (χ4n) is 3.38. The Morgan fingerprint density at radius 3 is 2.33 bits per heavy atom. The van der Waals surface area contributed by atoms with Gasteiger partial charge >= 0.3 is 0 Å². The lowest BCUT2D eigenvalue weighted by atomic mass is 10.2. The molecule has 0 aliphatic carbocycles. The number of ether oxygens (including phenoxy) is 1. The fraction of sp³-hybridized carbons (Fsp3) is 0.0690. The minimum atomic E-state index is -0.520. The third-order valence-corrected chi connectivity index (χ3v) is 6.58. The Bertz CT molecular complexity index is 1470. The van der Waals surface area contributed by atoms with E-state index in [9.17, 15) is 14.4 Å². The van der Waals surface area contributed by atoms with E-state index in [0.29, 0.717) is 33.5 Å². The first-order valence-electron chi connectivity index (χ1n) is 11.7. The summed E-state index contributed by atoms with van der Waals surface area (Å²) in [6.45, 7) is 0. The average molecular weight is 562 g/mol. The van der Waals surface area contributed by atoms with E-state index in [1.165, 1.54) is 31.2 Å². The van der Waals surface area contributed by atoms with Crippen molar-refractivity contribution in [1.29, 1.82) is 0 Å². The molecule has 10 heteroatoms. The predicted octanol–water partition coefficient (Wildman–Crippen LogP) is 6.08. The first-order chi connectivity index (χ1) is 18.9. The van der Waals surface area contributed by atoms with Crippen LogP contribution in [0.2, 0.25) is 5.02 Å². The third-order valence-electron chi connectivity index (χ3n) is 5.28. The van der Waals surface area contributed by atoms with Crippen LogP contribution in [0.4, 0.5) is 11.4 Å². The third kappa shape index (κ3) is 8.00.